The SMILES string of the molecule is Nc1nc(N2CCCCC2)nc(N2CCOCC2CO)n1. The molecule has 0 aliphatic carbocycles. The van der Waals surface area contributed by atoms with E-state index in [9.17, 15) is 5.11 Å². The van der Waals surface area contributed by atoms with Gasteiger partial charge in [-0.2, -0.15) is 15.0 Å². The van der Waals surface area contributed by atoms with Crippen molar-refractivity contribution in [1.29, 1.82) is 0 Å². The quantitative estimate of drug-likeness (QED) is 0.779. The van der Waals surface area contributed by atoms with Crippen LogP contribution in [0.4, 0.5) is 17.8 Å². The Morgan fingerprint density at radius 3 is 2.62 bits per heavy atom. The summed E-state index contributed by atoms with van der Waals surface area (Å²) in [5, 5.41) is 9.48. The van der Waals surface area contributed by atoms with Gasteiger partial charge in [-0.1, -0.05) is 0 Å². The number of morpholine rings is 1. The number of aromatic nitrogens is 3. The summed E-state index contributed by atoms with van der Waals surface area (Å²) >= 11 is 0. The Morgan fingerprint density at radius 2 is 1.86 bits per heavy atom. The number of rotatable bonds is 3. The van der Waals surface area contributed by atoms with Crippen LogP contribution in [0, 0.1) is 0 Å². The van der Waals surface area contributed by atoms with Crippen LogP contribution in [0.1, 0.15) is 19.3 Å². The molecule has 2 saturated heterocycles. The number of nitrogens with two attached hydrogens (primary N) is 1. The first-order valence-electron chi connectivity index (χ1n) is 7.49. The van der Waals surface area contributed by atoms with Gasteiger partial charge < -0.3 is 25.4 Å². The molecule has 0 amide bonds. The van der Waals surface area contributed by atoms with Gasteiger partial charge in [0, 0.05) is 19.6 Å². The summed E-state index contributed by atoms with van der Waals surface area (Å²) in [7, 11) is 0. The van der Waals surface area contributed by atoms with Gasteiger partial charge in [-0.25, -0.2) is 0 Å². The van der Waals surface area contributed by atoms with E-state index in [-0.39, 0.29) is 18.6 Å². The van der Waals surface area contributed by atoms with Gasteiger partial charge >= 0.3 is 0 Å². The van der Waals surface area contributed by atoms with E-state index < -0.39 is 0 Å². The smallest absolute Gasteiger partial charge is 0.232 e. The first-order valence-corrected chi connectivity index (χ1v) is 7.49. The largest absolute Gasteiger partial charge is 0.394 e. The molecule has 0 saturated carbocycles. The number of piperidine rings is 1. The summed E-state index contributed by atoms with van der Waals surface area (Å²) in [4.78, 5) is 17.2. The second kappa shape index (κ2) is 6.40. The van der Waals surface area contributed by atoms with Gasteiger partial charge in [0.15, 0.2) is 0 Å². The molecular formula is C13H22N6O2. The topological polar surface area (TPSA) is 101 Å². The maximum Gasteiger partial charge on any atom is 0.232 e. The van der Waals surface area contributed by atoms with E-state index in [1.54, 1.807) is 0 Å². The van der Waals surface area contributed by atoms with Crippen molar-refractivity contribution >= 4 is 17.8 Å². The second-order valence-corrected chi connectivity index (χ2v) is 5.45. The van der Waals surface area contributed by atoms with Crippen molar-refractivity contribution in [2.75, 3.05) is 55.0 Å². The average Bonchev–Trinajstić information content (AvgIpc) is 2.55. The highest BCUT2D eigenvalue weighted by molar-refractivity contribution is 5.44. The highest BCUT2D eigenvalue weighted by Crippen LogP contribution is 2.21. The molecule has 3 N–H and O–H groups in total. The van der Waals surface area contributed by atoms with Crippen LogP contribution in [0.15, 0.2) is 0 Å². The fourth-order valence-corrected chi connectivity index (χ4v) is 2.80. The lowest BCUT2D eigenvalue weighted by Crippen LogP contribution is -2.48. The maximum absolute atomic E-state index is 9.48. The molecule has 0 spiro atoms. The molecule has 1 aromatic rings. The predicted molar refractivity (Wildman–Crippen MR) is 79.3 cm³/mol. The highest BCUT2D eigenvalue weighted by Gasteiger charge is 2.26. The normalized spacial score (nSPS) is 23.4. The molecule has 8 nitrogen and oxygen atoms in total. The Bertz CT molecular complexity index is 480. The van der Waals surface area contributed by atoms with E-state index in [0.29, 0.717) is 31.7 Å². The Morgan fingerprint density at radius 1 is 1.10 bits per heavy atom. The van der Waals surface area contributed by atoms with Crippen LogP contribution in [0.2, 0.25) is 0 Å². The van der Waals surface area contributed by atoms with Crippen LogP contribution < -0.4 is 15.5 Å². The first-order chi connectivity index (χ1) is 10.3. The number of aliphatic hydroxyl groups is 1. The minimum absolute atomic E-state index is 0.00460. The summed E-state index contributed by atoms with van der Waals surface area (Å²) in [6.45, 7) is 3.63. The van der Waals surface area contributed by atoms with Crippen molar-refractivity contribution in [2.45, 2.75) is 25.3 Å². The molecule has 3 heterocycles. The van der Waals surface area contributed by atoms with Crippen LogP contribution in [0.3, 0.4) is 0 Å². The Labute approximate surface area is 123 Å². The average molecular weight is 294 g/mol. The zero-order chi connectivity index (χ0) is 14.7. The van der Waals surface area contributed by atoms with E-state index in [1.807, 2.05) is 4.90 Å². The highest BCUT2D eigenvalue weighted by atomic mass is 16.5. The number of aliphatic hydroxyl groups excluding tert-OH is 1. The molecule has 2 aliphatic heterocycles. The third-order valence-electron chi connectivity index (χ3n) is 3.96. The molecule has 2 fully saturated rings. The minimum Gasteiger partial charge on any atom is -0.394 e. The second-order valence-electron chi connectivity index (χ2n) is 5.45. The van der Waals surface area contributed by atoms with Gasteiger partial charge in [-0.05, 0) is 19.3 Å². The molecule has 0 bridgehead atoms. The fraction of sp³-hybridized carbons (Fsp3) is 0.769. The van der Waals surface area contributed by atoms with Crippen LogP contribution in [-0.2, 0) is 4.74 Å². The van der Waals surface area contributed by atoms with Crippen LogP contribution in [0.5, 0.6) is 0 Å². The molecule has 2 aliphatic rings. The van der Waals surface area contributed by atoms with Crippen molar-refractivity contribution in [2.24, 2.45) is 0 Å². The monoisotopic (exact) mass is 294 g/mol. The van der Waals surface area contributed by atoms with E-state index in [0.717, 1.165) is 25.9 Å². The molecular weight excluding hydrogens is 272 g/mol. The third kappa shape index (κ3) is 3.16. The summed E-state index contributed by atoms with van der Waals surface area (Å²) in [5.74, 6) is 1.40. The van der Waals surface area contributed by atoms with E-state index in [4.69, 9.17) is 10.5 Å². The molecule has 116 valence electrons. The van der Waals surface area contributed by atoms with Crippen molar-refractivity contribution < 1.29 is 9.84 Å². The van der Waals surface area contributed by atoms with E-state index in [1.165, 1.54) is 6.42 Å². The van der Waals surface area contributed by atoms with E-state index in [2.05, 4.69) is 19.9 Å². The van der Waals surface area contributed by atoms with Crippen molar-refractivity contribution in [3.8, 4) is 0 Å². The predicted octanol–water partition coefficient (Wildman–Crippen LogP) is -0.358. The van der Waals surface area contributed by atoms with Gasteiger partial charge in [0.05, 0.1) is 25.9 Å². The van der Waals surface area contributed by atoms with Crippen molar-refractivity contribution in [3.05, 3.63) is 0 Å². The lowest BCUT2D eigenvalue weighted by Gasteiger charge is -2.35. The summed E-state index contributed by atoms with van der Waals surface area (Å²) in [6.07, 6.45) is 3.55. The number of hydrogen-bond acceptors (Lipinski definition) is 8. The van der Waals surface area contributed by atoms with Crippen molar-refractivity contribution in [1.82, 2.24) is 15.0 Å². The Balaban J connectivity index is 1.85. The van der Waals surface area contributed by atoms with Gasteiger partial charge in [0.25, 0.3) is 0 Å². The fourth-order valence-electron chi connectivity index (χ4n) is 2.80. The van der Waals surface area contributed by atoms with Crippen LogP contribution >= 0.6 is 0 Å². The van der Waals surface area contributed by atoms with Gasteiger partial charge in [0.2, 0.25) is 17.8 Å². The lowest BCUT2D eigenvalue weighted by molar-refractivity contribution is 0.0718. The molecule has 8 heteroatoms. The molecule has 1 atom stereocenters. The third-order valence-corrected chi connectivity index (χ3v) is 3.96. The van der Waals surface area contributed by atoms with Gasteiger partial charge in [-0.15, -0.1) is 0 Å². The van der Waals surface area contributed by atoms with E-state index >= 15 is 0 Å². The number of nitrogen functional groups attached to an aromatic ring is 1. The summed E-state index contributed by atoms with van der Waals surface area (Å²) in [5.41, 5.74) is 5.85. The Hall–Kier alpha value is -1.67. The zero-order valence-electron chi connectivity index (χ0n) is 12.1. The van der Waals surface area contributed by atoms with Crippen molar-refractivity contribution in [3.63, 3.8) is 0 Å². The number of ether oxygens (including phenoxy) is 1. The molecule has 0 radical (unpaired) electrons. The number of nitrogens with zero attached hydrogens (tertiary/aromatic N) is 5. The van der Waals surface area contributed by atoms with Gasteiger partial charge in [0.1, 0.15) is 0 Å². The van der Waals surface area contributed by atoms with Crippen LogP contribution in [-0.4, -0.2) is 65.6 Å². The molecule has 1 unspecified atom stereocenters. The standard InChI is InChI=1S/C13H22N6O2/c14-11-15-12(18-4-2-1-3-5-18)17-13(16-11)19-6-7-21-9-10(19)8-20/h10,20H,1-9H2,(H2,14,15,16,17). The van der Waals surface area contributed by atoms with Crippen LogP contribution in [0.25, 0.3) is 0 Å². The summed E-state index contributed by atoms with van der Waals surface area (Å²) in [6, 6.07) is -0.130. The first kappa shape index (κ1) is 14.3. The molecule has 21 heavy (non-hydrogen) atoms. The Kier molecular flexibility index (Phi) is 4.35. The summed E-state index contributed by atoms with van der Waals surface area (Å²) < 4.78 is 5.39. The zero-order valence-corrected chi connectivity index (χ0v) is 12.1. The lowest BCUT2D eigenvalue weighted by atomic mass is 10.1. The minimum atomic E-state index is -0.130. The van der Waals surface area contributed by atoms with Gasteiger partial charge in [-0.3, -0.25) is 0 Å². The number of hydrogen-bond donors (Lipinski definition) is 2. The number of anilines is 3. The maximum atomic E-state index is 9.48. The molecule has 1 aromatic heterocycles. The molecule has 0 aromatic carbocycles. The molecule has 3 rings (SSSR count).